The minimum Gasteiger partial charge on any atom is -0.480 e. The van der Waals surface area contributed by atoms with E-state index in [1.807, 2.05) is 25.1 Å². The lowest BCUT2D eigenvalue weighted by Crippen LogP contribution is -2.45. The number of rotatable bonds is 3. The van der Waals surface area contributed by atoms with Crippen LogP contribution in [0.4, 0.5) is 0 Å². The van der Waals surface area contributed by atoms with Gasteiger partial charge in [0.05, 0.1) is 0 Å². The zero-order valence-electron chi connectivity index (χ0n) is 9.90. The van der Waals surface area contributed by atoms with Crippen LogP contribution >= 0.6 is 11.8 Å². The van der Waals surface area contributed by atoms with Gasteiger partial charge in [0.2, 0.25) is 0 Å². The molecule has 1 aliphatic rings. The highest BCUT2D eigenvalue weighted by Crippen LogP contribution is 2.40. The van der Waals surface area contributed by atoms with E-state index in [2.05, 4.69) is 11.4 Å². The fourth-order valence-corrected chi connectivity index (χ4v) is 3.43. The molecule has 0 spiro atoms. The maximum atomic E-state index is 11.5. The Morgan fingerprint density at radius 2 is 2.12 bits per heavy atom. The normalized spacial score (nSPS) is 18.9. The van der Waals surface area contributed by atoms with Gasteiger partial charge in [0.1, 0.15) is 4.75 Å². The van der Waals surface area contributed by atoms with Gasteiger partial charge in [-0.25, -0.2) is 0 Å². The second kappa shape index (κ2) is 5.10. The molecule has 0 aromatic heterocycles. The average Bonchev–Trinajstić information content (AvgIpc) is 2.30. The number of carboxylic acid groups (broad SMARTS) is 1. The predicted molar refractivity (Wildman–Crippen MR) is 69.5 cm³/mol. The molecule has 0 saturated carbocycles. The Morgan fingerprint density at radius 1 is 1.41 bits per heavy atom. The summed E-state index contributed by atoms with van der Waals surface area (Å²) < 4.78 is -0.654. The van der Waals surface area contributed by atoms with Crippen LogP contribution < -0.4 is 5.32 Å². The molecule has 17 heavy (non-hydrogen) atoms. The largest absolute Gasteiger partial charge is 0.480 e. The van der Waals surface area contributed by atoms with E-state index in [1.165, 1.54) is 17.3 Å². The van der Waals surface area contributed by atoms with E-state index in [0.29, 0.717) is 12.8 Å². The van der Waals surface area contributed by atoms with Gasteiger partial charge in [-0.05, 0) is 45.0 Å². The highest BCUT2D eigenvalue weighted by molar-refractivity contribution is 8.01. The first kappa shape index (κ1) is 12.5. The molecule has 0 bridgehead atoms. The van der Waals surface area contributed by atoms with Gasteiger partial charge in [-0.2, -0.15) is 0 Å². The van der Waals surface area contributed by atoms with Crippen LogP contribution in [0.25, 0.3) is 0 Å². The standard InChI is InChI=1S/C13H17NO2S/c1-10-3-2-4-11(9-10)17-13(12(15)16)5-7-14-8-6-13/h2-4,9,14H,5-8H2,1H3,(H,15,16). The molecule has 0 atom stereocenters. The number of aliphatic carboxylic acids is 1. The van der Waals surface area contributed by atoms with Gasteiger partial charge in [-0.3, -0.25) is 4.79 Å². The number of hydrogen-bond donors (Lipinski definition) is 2. The second-order valence-electron chi connectivity index (χ2n) is 4.47. The van der Waals surface area contributed by atoms with E-state index in [4.69, 9.17) is 0 Å². The molecule has 0 aliphatic carbocycles. The third kappa shape index (κ3) is 2.82. The van der Waals surface area contributed by atoms with Gasteiger partial charge in [-0.15, -0.1) is 11.8 Å². The van der Waals surface area contributed by atoms with Crippen molar-refractivity contribution in [3.63, 3.8) is 0 Å². The highest BCUT2D eigenvalue weighted by atomic mass is 32.2. The number of nitrogens with one attached hydrogen (secondary N) is 1. The predicted octanol–water partition coefficient (Wildman–Crippen LogP) is 2.29. The summed E-state index contributed by atoms with van der Waals surface area (Å²) in [5.41, 5.74) is 1.17. The van der Waals surface area contributed by atoms with Gasteiger partial charge in [0.25, 0.3) is 0 Å². The fraction of sp³-hybridized carbons (Fsp3) is 0.462. The highest BCUT2D eigenvalue weighted by Gasteiger charge is 2.40. The molecule has 1 aromatic carbocycles. The summed E-state index contributed by atoms with van der Waals surface area (Å²) >= 11 is 1.49. The number of thioether (sulfide) groups is 1. The number of hydrogen-bond acceptors (Lipinski definition) is 3. The first-order valence-corrected chi connectivity index (χ1v) is 6.64. The Hall–Kier alpha value is -1.00. The van der Waals surface area contributed by atoms with E-state index in [0.717, 1.165) is 18.0 Å². The van der Waals surface area contributed by atoms with E-state index < -0.39 is 10.7 Å². The first-order valence-electron chi connectivity index (χ1n) is 5.82. The lowest BCUT2D eigenvalue weighted by atomic mass is 9.97. The molecule has 4 heteroatoms. The molecule has 2 rings (SSSR count). The van der Waals surface area contributed by atoms with Crippen LogP contribution in [0.15, 0.2) is 29.2 Å². The van der Waals surface area contributed by atoms with E-state index in [9.17, 15) is 9.90 Å². The molecule has 3 nitrogen and oxygen atoms in total. The Morgan fingerprint density at radius 3 is 2.71 bits per heavy atom. The lowest BCUT2D eigenvalue weighted by Gasteiger charge is -2.33. The van der Waals surface area contributed by atoms with Crippen molar-refractivity contribution in [2.24, 2.45) is 0 Å². The molecule has 1 fully saturated rings. The summed E-state index contributed by atoms with van der Waals surface area (Å²) in [6.45, 7) is 3.59. The SMILES string of the molecule is Cc1cccc(SC2(C(=O)O)CCNCC2)c1. The van der Waals surface area contributed by atoms with Crippen LogP contribution in [0.3, 0.4) is 0 Å². The summed E-state index contributed by atoms with van der Waals surface area (Å²) in [7, 11) is 0. The molecular formula is C13H17NO2S. The van der Waals surface area contributed by atoms with Crippen molar-refractivity contribution in [2.75, 3.05) is 13.1 Å². The molecule has 1 heterocycles. The number of carboxylic acids is 1. The lowest BCUT2D eigenvalue weighted by molar-refractivity contribution is -0.140. The molecule has 0 unspecified atom stereocenters. The minimum atomic E-state index is -0.689. The zero-order chi connectivity index (χ0) is 12.3. The van der Waals surface area contributed by atoms with Gasteiger partial charge in [0.15, 0.2) is 0 Å². The van der Waals surface area contributed by atoms with Crippen molar-refractivity contribution in [3.8, 4) is 0 Å². The summed E-state index contributed by atoms with van der Waals surface area (Å²) in [5.74, 6) is -0.689. The molecule has 92 valence electrons. The van der Waals surface area contributed by atoms with Gasteiger partial charge >= 0.3 is 5.97 Å². The molecular weight excluding hydrogens is 234 g/mol. The Kier molecular flexibility index (Phi) is 3.74. The number of piperidine rings is 1. The quantitative estimate of drug-likeness (QED) is 0.865. The smallest absolute Gasteiger partial charge is 0.320 e. The topological polar surface area (TPSA) is 49.3 Å². The summed E-state index contributed by atoms with van der Waals surface area (Å²) in [6, 6.07) is 8.05. The van der Waals surface area contributed by atoms with Crippen LogP contribution in [0.1, 0.15) is 18.4 Å². The average molecular weight is 251 g/mol. The van der Waals surface area contributed by atoms with Crippen molar-refractivity contribution in [3.05, 3.63) is 29.8 Å². The van der Waals surface area contributed by atoms with Crippen LogP contribution in [-0.4, -0.2) is 28.9 Å². The first-order chi connectivity index (χ1) is 8.12. The zero-order valence-corrected chi connectivity index (χ0v) is 10.7. The van der Waals surface area contributed by atoms with Crippen molar-refractivity contribution in [1.82, 2.24) is 5.32 Å². The van der Waals surface area contributed by atoms with E-state index in [-0.39, 0.29) is 0 Å². The summed E-state index contributed by atoms with van der Waals surface area (Å²) in [5, 5.41) is 12.7. The molecule has 1 saturated heterocycles. The second-order valence-corrected chi connectivity index (χ2v) is 5.93. The minimum absolute atomic E-state index is 0.654. The number of aryl methyl sites for hydroxylation is 1. The van der Waals surface area contributed by atoms with Crippen molar-refractivity contribution < 1.29 is 9.90 Å². The molecule has 0 amide bonds. The van der Waals surface area contributed by atoms with Crippen LogP contribution in [-0.2, 0) is 4.79 Å². The molecule has 1 aromatic rings. The molecule has 0 radical (unpaired) electrons. The molecule has 1 aliphatic heterocycles. The van der Waals surface area contributed by atoms with Crippen molar-refractivity contribution >= 4 is 17.7 Å². The Balaban J connectivity index is 2.20. The van der Waals surface area contributed by atoms with E-state index in [1.54, 1.807) is 0 Å². The van der Waals surface area contributed by atoms with Crippen LogP contribution in [0.5, 0.6) is 0 Å². The maximum absolute atomic E-state index is 11.5. The van der Waals surface area contributed by atoms with Gasteiger partial charge < -0.3 is 10.4 Å². The summed E-state index contributed by atoms with van der Waals surface area (Å²) in [6.07, 6.45) is 1.36. The molecule has 2 N–H and O–H groups in total. The van der Waals surface area contributed by atoms with Gasteiger partial charge in [-0.1, -0.05) is 17.7 Å². The van der Waals surface area contributed by atoms with Crippen molar-refractivity contribution in [1.29, 1.82) is 0 Å². The van der Waals surface area contributed by atoms with E-state index >= 15 is 0 Å². The summed E-state index contributed by atoms with van der Waals surface area (Å²) in [4.78, 5) is 12.6. The monoisotopic (exact) mass is 251 g/mol. The fourth-order valence-electron chi connectivity index (χ4n) is 2.09. The third-order valence-electron chi connectivity index (χ3n) is 3.10. The maximum Gasteiger partial charge on any atom is 0.320 e. The Labute approximate surface area is 106 Å². The van der Waals surface area contributed by atoms with Gasteiger partial charge in [0, 0.05) is 4.90 Å². The van der Waals surface area contributed by atoms with Crippen molar-refractivity contribution in [2.45, 2.75) is 29.4 Å². The van der Waals surface area contributed by atoms with Crippen LogP contribution in [0.2, 0.25) is 0 Å². The Bertz CT molecular complexity index is 414. The number of carbonyl (C=O) groups is 1. The third-order valence-corrected chi connectivity index (χ3v) is 4.57. The van der Waals surface area contributed by atoms with Crippen LogP contribution in [0, 0.1) is 6.92 Å². The number of benzene rings is 1.